The van der Waals surface area contributed by atoms with Crippen molar-refractivity contribution in [2.24, 2.45) is 0 Å². The Bertz CT molecular complexity index is 164. The Morgan fingerprint density at radius 2 is 1.92 bits per heavy atom. The van der Waals surface area contributed by atoms with E-state index in [1.807, 2.05) is 0 Å². The fourth-order valence-electron chi connectivity index (χ4n) is 1.58. The second kappa shape index (κ2) is 4.10. The van der Waals surface area contributed by atoms with Crippen molar-refractivity contribution >= 4 is 17.0 Å². The molecule has 3 nitrogen and oxygen atoms in total. The van der Waals surface area contributed by atoms with Crippen LogP contribution in [0.3, 0.4) is 0 Å². The molecule has 0 N–H and O–H groups in total. The largest absolute Gasteiger partial charge is 0.421 e. The number of carbonyl (C=O) groups excluding carboxylic acids is 1. The van der Waals surface area contributed by atoms with E-state index >= 15 is 0 Å². The standard InChI is InChI=1S/C8H13ClO3/c1-11-8(12-7(9)10)5-3-2-4-6-8/h2-6H2,1H3. The molecule has 4 heteroatoms. The van der Waals surface area contributed by atoms with Gasteiger partial charge in [0.1, 0.15) is 0 Å². The lowest BCUT2D eigenvalue weighted by Gasteiger charge is -2.34. The van der Waals surface area contributed by atoms with Crippen LogP contribution in [0.2, 0.25) is 0 Å². The first-order chi connectivity index (χ1) is 5.68. The number of methoxy groups -OCH3 is 1. The average Bonchev–Trinajstić information content (AvgIpc) is 2.05. The smallest absolute Gasteiger partial charge is 0.406 e. The zero-order valence-electron chi connectivity index (χ0n) is 7.14. The van der Waals surface area contributed by atoms with Crippen molar-refractivity contribution < 1.29 is 14.3 Å². The molecule has 0 aliphatic heterocycles. The average molecular weight is 193 g/mol. The molecule has 0 aromatic rings. The lowest BCUT2D eigenvalue weighted by atomic mass is 9.94. The van der Waals surface area contributed by atoms with Crippen LogP contribution >= 0.6 is 11.6 Å². The van der Waals surface area contributed by atoms with Gasteiger partial charge in [-0.3, -0.25) is 0 Å². The Kier molecular flexibility index (Phi) is 3.35. The predicted molar refractivity (Wildman–Crippen MR) is 45.2 cm³/mol. The highest BCUT2D eigenvalue weighted by atomic mass is 35.5. The van der Waals surface area contributed by atoms with Crippen molar-refractivity contribution in [2.75, 3.05) is 7.11 Å². The minimum Gasteiger partial charge on any atom is -0.421 e. The molecule has 0 aromatic heterocycles. The van der Waals surface area contributed by atoms with E-state index in [2.05, 4.69) is 0 Å². The fraction of sp³-hybridized carbons (Fsp3) is 0.875. The third-order valence-electron chi connectivity index (χ3n) is 2.25. The number of hydrogen-bond acceptors (Lipinski definition) is 3. The lowest BCUT2D eigenvalue weighted by molar-refractivity contribution is -0.197. The zero-order chi connectivity index (χ0) is 9.03. The lowest BCUT2D eigenvalue weighted by Crippen LogP contribution is -2.37. The Hall–Kier alpha value is -0.280. The normalized spacial score (nSPS) is 21.8. The van der Waals surface area contributed by atoms with Crippen LogP contribution in [-0.4, -0.2) is 18.3 Å². The Labute approximate surface area is 77.0 Å². The van der Waals surface area contributed by atoms with E-state index < -0.39 is 11.2 Å². The zero-order valence-corrected chi connectivity index (χ0v) is 7.89. The highest BCUT2D eigenvalue weighted by Crippen LogP contribution is 2.32. The molecule has 1 fully saturated rings. The van der Waals surface area contributed by atoms with Crippen molar-refractivity contribution in [3.8, 4) is 0 Å². The van der Waals surface area contributed by atoms with E-state index in [0.717, 1.165) is 25.7 Å². The molecule has 1 saturated carbocycles. The number of ether oxygens (including phenoxy) is 2. The molecule has 0 heterocycles. The van der Waals surface area contributed by atoms with E-state index in [1.165, 1.54) is 6.42 Å². The Morgan fingerprint density at radius 1 is 1.33 bits per heavy atom. The van der Waals surface area contributed by atoms with Crippen molar-refractivity contribution in [3.05, 3.63) is 0 Å². The van der Waals surface area contributed by atoms with Gasteiger partial charge in [0.15, 0.2) is 0 Å². The van der Waals surface area contributed by atoms with Gasteiger partial charge < -0.3 is 9.47 Å². The van der Waals surface area contributed by atoms with Crippen molar-refractivity contribution in [3.63, 3.8) is 0 Å². The quantitative estimate of drug-likeness (QED) is 0.499. The van der Waals surface area contributed by atoms with Gasteiger partial charge >= 0.3 is 5.43 Å². The van der Waals surface area contributed by atoms with Crippen LogP contribution in [0.5, 0.6) is 0 Å². The molecule has 0 radical (unpaired) electrons. The molecule has 1 rings (SSSR count). The number of hydrogen-bond donors (Lipinski definition) is 0. The van der Waals surface area contributed by atoms with E-state index in [9.17, 15) is 4.79 Å². The summed E-state index contributed by atoms with van der Waals surface area (Å²) < 4.78 is 10.1. The van der Waals surface area contributed by atoms with Gasteiger partial charge in [0.25, 0.3) is 0 Å². The van der Waals surface area contributed by atoms with Gasteiger partial charge in [0, 0.05) is 31.6 Å². The monoisotopic (exact) mass is 192 g/mol. The minimum absolute atomic E-state index is 0.739. The van der Waals surface area contributed by atoms with Crippen LogP contribution < -0.4 is 0 Å². The first-order valence-electron chi connectivity index (χ1n) is 4.12. The molecular formula is C8H13ClO3. The molecule has 1 aliphatic rings. The third-order valence-corrected chi connectivity index (χ3v) is 2.33. The van der Waals surface area contributed by atoms with Crippen molar-refractivity contribution in [1.29, 1.82) is 0 Å². The maximum atomic E-state index is 10.5. The second-order valence-corrected chi connectivity index (χ2v) is 3.32. The third kappa shape index (κ3) is 2.35. The fourth-order valence-corrected chi connectivity index (χ4v) is 1.73. The summed E-state index contributed by atoms with van der Waals surface area (Å²) in [6.07, 6.45) is 4.73. The molecule has 12 heavy (non-hydrogen) atoms. The predicted octanol–water partition coefficient (Wildman–Crippen LogP) is 2.67. The molecular weight excluding hydrogens is 180 g/mol. The summed E-state index contributed by atoms with van der Waals surface area (Å²) >= 11 is 5.14. The summed E-state index contributed by atoms with van der Waals surface area (Å²) in [5.41, 5.74) is -0.779. The summed E-state index contributed by atoms with van der Waals surface area (Å²) in [4.78, 5) is 10.5. The van der Waals surface area contributed by atoms with Crippen LogP contribution in [-0.2, 0) is 9.47 Å². The summed E-state index contributed by atoms with van der Waals surface area (Å²) in [5.74, 6) is -0.739. The highest BCUT2D eigenvalue weighted by Gasteiger charge is 2.35. The van der Waals surface area contributed by atoms with Gasteiger partial charge in [-0.15, -0.1) is 0 Å². The number of carbonyl (C=O) groups is 1. The second-order valence-electron chi connectivity index (χ2n) is 3.02. The van der Waals surface area contributed by atoms with Crippen molar-refractivity contribution in [1.82, 2.24) is 0 Å². The topological polar surface area (TPSA) is 35.5 Å². The minimum atomic E-state index is -0.779. The van der Waals surface area contributed by atoms with Crippen LogP contribution in [0, 0.1) is 0 Å². The van der Waals surface area contributed by atoms with Crippen LogP contribution in [0.1, 0.15) is 32.1 Å². The number of halogens is 1. The molecule has 0 unspecified atom stereocenters. The van der Waals surface area contributed by atoms with E-state index in [1.54, 1.807) is 7.11 Å². The highest BCUT2D eigenvalue weighted by molar-refractivity contribution is 6.61. The van der Waals surface area contributed by atoms with Crippen LogP contribution in [0.15, 0.2) is 0 Å². The van der Waals surface area contributed by atoms with Gasteiger partial charge in [-0.05, 0) is 12.8 Å². The Morgan fingerprint density at radius 3 is 2.33 bits per heavy atom. The summed E-state index contributed by atoms with van der Waals surface area (Å²) in [6.45, 7) is 0. The number of rotatable bonds is 2. The van der Waals surface area contributed by atoms with Gasteiger partial charge in [-0.1, -0.05) is 6.42 Å². The van der Waals surface area contributed by atoms with E-state index in [-0.39, 0.29) is 0 Å². The van der Waals surface area contributed by atoms with Gasteiger partial charge in [0.05, 0.1) is 0 Å². The van der Waals surface area contributed by atoms with Gasteiger partial charge in [-0.2, -0.15) is 0 Å². The van der Waals surface area contributed by atoms with Gasteiger partial charge in [0.2, 0.25) is 5.79 Å². The molecule has 0 aromatic carbocycles. The summed E-state index contributed by atoms with van der Waals surface area (Å²) in [7, 11) is 1.55. The van der Waals surface area contributed by atoms with Crippen molar-refractivity contribution in [2.45, 2.75) is 37.9 Å². The summed E-state index contributed by atoms with van der Waals surface area (Å²) in [6, 6.07) is 0. The first-order valence-corrected chi connectivity index (χ1v) is 4.50. The first kappa shape index (κ1) is 9.81. The maximum Gasteiger partial charge on any atom is 0.406 e. The molecule has 0 amide bonds. The Balaban J connectivity index is 2.53. The maximum absolute atomic E-state index is 10.5. The van der Waals surface area contributed by atoms with E-state index in [0.29, 0.717) is 0 Å². The SMILES string of the molecule is COC1(OC(=O)Cl)CCCCC1. The molecule has 0 spiro atoms. The molecule has 70 valence electrons. The van der Waals surface area contributed by atoms with Crippen LogP contribution in [0.25, 0.3) is 0 Å². The molecule has 0 bridgehead atoms. The van der Waals surface area contributed by atoms with Crippen LogP contribution in [0.4, 0.5) is 4.79 Å². The van der Waals surface area contributed by atoms with Gasteiger partial charge in [-0.25, -0.2) is 4.79 Å². The molecule has 1 aliphatic carbocycles. The summed E-state index contributed by atoms with van der Waals surface area (Å²) in [5, 5.41) is 0. The molecule has 0 saturated heterocycles. The molecule has 0 atom stereocenters. The van der Waals surface area contributed by atoms with E-state index in [4.69, 9.17) is 21.1 Å².